The Morgan fingerprint density at radius 1 is 0.969 bits per heavy atom. The molecule has 4 heterocycles. The second kappa shape index (κ2) is 8.80. The van der Waals surface area contributed by atoms with Crippen molar-refractivity contribution in [3.05, 3.63) is 71.3 Å². The SMILES string of the molecule is O=C(Nc1ccc(C(=O)Nc2cccc(-c3nnc4n3CCCCC4)c2)s1)c1ccco1. The van der Waals surface area contributed by atoms with Gasteiger partial charge >= 0.3 is 0 Å². The number of furan rings is 1. The molecule has 0 atom stereocenters. The second-order valence-corrected chi connectivity index (χ2v) is 8.62. The minimum atomic E-state index is -0.357. The van der Waals surface area contributed by atoms with Gasteiger partial charge in [-0.1, -0.05) is 18.6 Å². The van der Waals surface area contributed by atoms with E-state index in [9.17, 15) is 9.59 Å². The van der Waals surface area contributed by atoms with Crippen molar-refractivity contribution >= 4 is 33.8 Å². The number of thiophene rings is 1. The Balaban J connectivity index is 1.29. The number of carbonyl (C=O) groups excluding carboxylic acids is 2. The maximum absolute atomic E-state index is 12.8. The van der Waals surface area contributed by atoms with Crippen molar-refractivity contribution in [2.45, 2.75) is 32.2 Å². The van der Waals surface area contributed by atoms with E-state index in [4.69, 9.17) is 4.42 Å². The molecule has 1 aliphatic rings. The van der Waals surface area contributed by atoms with Crippen LogP contribution in [0.1, 0.15) is 45.3 Å². The van der Waals surface area contributed by atoms with E-state index in [-0.39, 0.29) is 17.6 Å². The van der Waals surface area contributed by atoms with Crippen molar-refractivity contribution in [3.8, 4) is 11.4 Å². The summed E-state index contributed by atoms with van der Waals surface area (Å²) >= 11 is 1.20. The van der Waals surface area contributed by atoms with Crippen LogP contribution >= 0.6 is 11.3 Å². The molecule has 0 bridgehead atoms. The zero-order valence-corrected chi connectivity index (χ0v) is 18.0. The highest BCUT2D eigenvalue weighted by Gasteiger charge is 2.17. The zero-order chi connectivity index (χ0) is 21.9. The van der Waals surface area contributed by atoms with E-state index in [1.54, 1.807) is 24.3 Å². The lowest BCUT2D eigenvalue weighted by molar-refractivity contribution is 0.0995. The normalized spacial score (nSPS) is 13.2. The van der Waals surface area contributed by atoms with Gasteiger partial charge in [0.05, 0.1) is 16.1 Å². The van der Waals surface area contributed by atoms with Gasteiger partial charge in [-0.3, -0.25) is 9.59 Å². The molecular formula is C23H21N5O3S. The van der Waals surface area contributed by atoms with Crippen LogP contribution in [-0.4, -0.2) is 26.6 Å². The third-order valence-corrected chi connectivity index (χ3v) is 6.30. The first-order valence-electron chi connectivity index (χ1n) is 10.5. The summed E-state index contributed by atoms with van der Waals surface area (Å²) in [4.78, 5) is 25.3. The van der Waals surface area contributed by atoms with Crippen molar-refractivity contribution in [1.29, 1.82) is 0 Å². The first-order valence-corrected chi connectivity index (χ1v) is 11.3. The number of hydrogen-bond donors (Lipinski definition) is 2. The fourth-order valence-corrected chi connectivity index (χ4v) is 4.53. The molecule has 0 aliphatic carbocycles. The van der Waals surface area contributed by atoms with Crippen LogP contribution in [0.2, 0.25) is 0 Å². The van der Waals surface area contributed by atoms with Crippen LogP contribution < -0.4 is 10.6 Å². The van der Waals surface area contributed by atoms with Crippen LogP contribution in [0, 0.1) is 0 Å². The molecule has 8 nitrogen and oxygen atoms in total. The number of nitrogens with one attached hydrogen (secondary N) is 2. The first kappa shape index (κ1) is 20.2. The van der Waals surface area contributed by atoms with Gasteiger partial charge in [0, 0.05) is 24.2 Å². The molecule has 0 saturated carbocycles. The summed E-state index contributed by atoms with van der Waals surface area (Å²) in [5, 5.41) is 15.0. The van der Waals surface area contributed by atoms with E-state index in [0.717, 1.165) is 43.0 Å². The average molecular weight is 448 g/mol. The average Bonchev–Trinajstić information content (AvgIpc) is 3.53. The largest absolute Gasteiger partial charge is 0.459 e. The highest BCUT2D eigenvalue weighted by Crippen LogP contribution is 2.27. The molecule has 1 aromatic carbocycles. The number of hydrogen-bond acceptors (Lipinski definition) is 6. The number of amides is 2. The molecule has 0 saturated heterocycles. The fourth-order valence-electron chi connectivity index (χ4n) is 3.74. The molecule has 0 spiro atoms. The van der Waals surface area contributed by atoms with Crippen LogP contribution in [-0.2, 0) is 13.0 Å². The molecule has 0 fully saturated rings. The number of aryl methyl sites for hydroxylation is 1. The van der Waals surface area contributed by atoms with Gasteiger partial charge in [0.1, 0.15) is 5.82 Å². The molecule has 9 heteroatoms. The van der Waals surface area contributed by atoms with Gasteiger partial charge in [-0.15, -0.1) is 21.5 Å². The Morgan fingerprint density at radius 2 is 1.91 bits per heavy atom. The van der Waals surface area contributed by atoms with Crippen molar-refractivity contribution in [3.63, 3.8) is 0 Å². The number of benzene rings is 1. The number of anilines is 2. The van der Waals surface area contributed by atoms with Gasteiger partial charge in [0.15, 0.2) is 11.6 Å². The number of nitrogens with zero attached hydrogens (tertiary/aromatic N) is 3. The molecule has 2 amide bonds. The Hall–Kier alpha value is -3.72. The van der Waals surface area contributed by atoms with E-state index >= 15 is 0 Å². The molecule has 0 unspecified atom stereocenters. The molecule has 1 aliphatic heterocycles. The Kier molecular flexibility index (Phi) is 5.55. The third-order valence-electron chi connectivity index (χ3n) is 5.30. The Bertz CT molecular complexity index is 1260. The van der Waals surface area contributed by atoms with E-state index in [0.29, 0.717) is 15.6 Å². The van der Waals surface area contributed by atoms with E-state index in [2.05, 4.69) is 25.4 Å². The van der Waals surface area contributed by atoms with Crippen LogP contribution in [0.25, 0.3) is 11.4 Å². The van der Waals surface area contributed by atoms with Gasteiger partial charge < -0.3 is 19.6 Å². The smallest absolute Gasteiger partial charge is 0.291 e. The van der Waals surface area contributed by atoms with E-state index < -0.39 is 0 Å². The lowest BCUT2D eigenvalue weighted by Gasteiger charge is -2.09. The lowest BCUT2D eigenvalue weighted by atomic mass is 10.2. The molecule has 3 aromatic heterocycles. The summed E-state index contributed by atoms with van der Waals surface area (Å²) in [5.41, 5.74) is 1.59. The van der Waals surface area contributed by atoms with Gasteiger partial charge in [0.25, 0.3) is 11.8 Å². The van der Waals surface area contributed by atoms with Crippen LogP contribution in [0.4, 0.5) is 10.7 Å². The minimum absolute atomic E-state index is 0.215. The lowest BCUT2D eigenvalue weighted by Crippen LogP contribution is -2.11. The molecule has 5 rings (SSSR count). The summed E-state index contributed by atoms with van der Waals surface area (Å²) < 4.78 is 7.27. The Labute approximate surface area is 188 Å². The maximum Gasteiger partial charge on any atom is 0.291 e. The molecule has 2 N–H and O–H groups in total. The topological polar surface area (TPSA) is 102 Å². The number of rotatable bonds is 5. The Morgan fingerprint density at radius 3 is 2.78 bits per heavy atom. The fraction of sp³-hybridized carbons (Fsp3) is 0.217. The molecular weight excluding hydrogens is 426 g/mol. The van der Waals surface area contributed by atoms with Crippen molar-refractivity contribution in [2.24, 2.45) is 0 Å². The standard InChI is InChI=1S/C23H21N5O3S/c29-22(17-8-5-13-31-17)25-20-11-10-18(32-20)23(30)24-16-7-4-6-15(14-16)21-27-26-19-9-2-1-3-12-28(19)21/h4-8,10-11,13-14H,1-3,9,12H2,(H,24,30)(H,25,29). The number of aromatic nitrogens is 3. The number of carbonyl (C=O) groups is 2. The summed E-state index contributed by atoms with van der Waals surface area (Å²) in [6.07, 6.45) is 5.84. The van der Waals surface area contributed by atoms with Crippen LogP contribution in [0.3, 0.4) is 0 Å². The second-order valence-electron chi connectivity index (χ2n) is 7.53. The van der Waals surface area contributed by atoms with E-state index in [1.165, 1.54) is 24.0 Å². The molecule has 32 heavy (non-hydrogen) atoms. The van der Waals surface area contributed by atoms with Gasteiger partial charge in [0.2, 0.25) is 0 Å². The van der Waals surface area contributed by atoms with Crippen molar-refractivity contribution in [1.82, 2.24) is 14.8 Å². The van der Waals surface area contributed by atoms with Crippen LogP contribution in [0.5, 0.6) is 0 Å². The highest BCUT2D eigenvalue weighted by atomic mass is 32.1. The third kappa shape index (κ3) is 4.19. The van der Waals surface area contributed by atoms with Gasteiger partial charge in [-0.05, 0) is 49.2 Å². The van der Waals surface area contributed by atoms with Crippen molar-refractivity contribution < 1.29 is 14.0 Å². The maximum atomic E-state index is 12.8. The summed E-state index contributed by atoms with van der Waals surface area (Å²) in [7, 11) is 0. The predicted molar refractivity (Wildman–Crippen MR) is 122 cm³/mol. The van der Waals surface area contributed by atoms with Gasteiger partial charge in [-0.25, -0.2) is 0 Å². The van der Waals surface area contributed by atoms with Gasteiger partial charge in [-0.2, -0.15) is 0 Å². The molecule has 4 aromatic rings. The van der Waals surface area contributed by atoms with Crippen LogP contribution in [0.15, 0.2) is 59.2 Å². The first-order chi connectivity index (χ1) is 15.7. The van der Waals surface area contributed by atoms with E-state index in [1.807, 2.05) is 24.3 Å². The predicted octanol–water partition coefficient (Wildman–Crippen LogP) is 4.83. The monoisotopic (exact) mass is 447 g/mol. The number of fused-ring (bicyclic) bond motifs is 1. The summed E-state index contributed by atoms with van der Waals surface area (Å²) in [6.45, 7) is 0.913. The summed E-state index contributed by atoms with van der Waals surface area (Å²) in [5.74, 6) is 1.47. The molecule has 0 radical (unpaired) electrons. The minimum Gasteiger partial charge on any atom is -0.459 e. The summed E-state index contributed by atoms with van der Waals surface area (Å²) in [6, 6.07) is 14.2. The molecule has 162 valence electrons. The highest BCUT2D eigenvalue weighted by molar-refractivity contribution is 7.18. The van der Waals surface area contributed by atoms with Crippen molar-refractivity contribution in [2.75, 3.05) is 10.6 Å². The quantitative estimate of drug-likeness (QED) is 0.456. The zero-order valence-electron chi connectivity index (χ0n) is 17.2.